The maximum Gasteiger partial charge on any atom is 0.329 e. The number of hydrogen-bond acceptors (Lipinski definition) is 5. The van der Waals surface area contributed by atoms with Crippen LogP contribution >= 0.6 is 0 Å². The highest BCUT2D eigenvalue weighted by atomic mass is 16.7. The van der Waals surface area contributed by atoms with Crippen LogP contribution in [0.25, 0.3) is 0 Å². The van der Waals surface area contributed by atoms with Gasteiger partial charge in [-0.3, -0.25) is 4.79 Å². The molecule has 0 aromatic heterocycles. The van der Waals surface area contributed by atoms with Crippen molar-refractivity contribution < 1.29 is 14.4 Å². The number of nitrogens with two attached hydrogens (primary N) is 1. The summed E-state index contributed by atoms with van der Waals surface area (Å²) in [5, 5.41) is 0. The fraction of sp³-hybridized carbons (Fsp3) is 0.417. The van der Waals surface area contributed by atoms with Crippen molar-refractivity contribution in [1.29, 1.82) is 0 Å². The van der Waals surface area contributed by atoms with E-state index in [0.29, 0.717) is 6.61 Å². The predicted molar refractivity (Wildman–Crippen MR) is 62.0 cm³/mol. The molecule has 0 saturated carbocycles. The molecule has 0 amide bonds. The first-order valence-corrected chi connectivity index (χ1v) is 5.69. The Kier molecular flexibility index (Phi) is 3.95. The molecule has 0 bridgehead atoms. The quantitative estimate of drug-likeness (QED) is 0.586. The highest BCUT2D eigenvalue weighted by Crippen LogP contribution is 2.25. The Bertz CT molecular complexity index is 407. The molecule has 0 radical (unpaired) electrons. The molecule has 1 aromatic carbocycles. The largest absolute Gasteiger partial charge is 0.493 e. The average molecular weight is 236 g/mol. The third-order valence-electron chi connectivity index (χ3n) is 2.82. The van der Waals surface area contributed by atoms with E-state index in [2.05, 4.69) is 17.0 Å². The maximum absolute atomic E-state index is 11.0. The first-order chi connectivity index (χ1) is 8.29. The second-order valence-electron chi connectivity index (χ2n) is 3.97. The van der Waals surface area contributed by atoms with Crippen LogP contribution in [0.1, 0.15) is 24.0 Å². The average Bonchev–Trinajstić information content (AvgIpc) is 2.76. The van der Waals surface area contributed by atoms with Gasteiger partial charge in [0.1, 0.15) is 5.75 Å². The van der Waals surface area contributed by atoms with Gasteiger partial charge in [0.05, 0.1) is 13.0 Å². The highest BCUT2D eigenvalue weighted by molar-refractivity contribution is 5.69. The molecular formula is C12H16N2O3. The van der Waals surface area contributed by atoms with Crippen molar-refractivity contribution in [2.75, 3.05) is 6.61 Å². The molecule has 0 heterocycles. The van der Waals surface area contributed by atoms with E-state index in [4.69, 9.17) is 10.6 Å². The molecule has 1 aromatic rings. The third kappa shape index (κ3) is 3.18. The van der Waals surface area contributed by atoms with Crippen LogP contribution in [0.2, 0.25) is 0 Å². The number of aryl methyl sites for hydroxylation is 2. The highest BCUT2D eigenvalue weighted by Gasteiger charge is 2.11. The summed E-state index contributed by atoms with van der Waals surface area (Å²) in [5.41, 5.74) is 4.61. The zero-order valence-corrected chi connectivity index (χ0v) is 9.57. The number of hydrogen-bond donors (Lipinski definition) is 2. The van der Waals surface area contributed by atoms with Crippen molar-refractivity contribution >= 4 is 5.97 Å². The van der Waals surface area contributed by atoms with Gasteiger partial charge in [0.25, 0.3) is 0 Å². The minimum atomic E-state index is -0.436. The number of benzene rings is 1. The van der Waals surface area contributed by atoms with Crippen molar-refractivity contribution in [3.63, 3.8) is 0 Å². The Morgan fingerprint density at radius 3 is 3.00 bits per heavy atom. The van der Waals surface area contributed by atoms with E-state index in [1.807, 2.05) is 11.7 Å². The Morgan fingerprint density at radius 1 is 1.35 bits per heavy atom. The summed E-state index contributed by atoms with van der Waals surface area (Å²) in [5.74, 6) is 5.21. The molecule has 2 rings (SSSR count). The number of ether oxygens (including phenoxy) is 1. The van der Waals surface area contributed by atoms with E-state index in [0.717, 1.165) is 18.6 Å². The van der Waals surface area contributed by atoms with Gasteiger partial charge in [-0.25, -0.2) is 5.84 Å². The summed E-state index contributed by atoms with van der Waals surface area (Å²) in [4.78, 5) is 15.3. The van der Waals surface area contributed by atoms with Gasteiger partial charge < -0.3 is 9.57 Å². The summed E-state index contributed by atoms with van der Waals surface area (Å²) in [6.07, 6.45) is 3.66. The molecule has 0 aliphatic heterocycles. The second kappa shape index (κ2) is 5.65. The van der Waals surface area contributed by atoms with E-state index in [1.54, 1.807) is 0 Å². The topological polar surface area (TPSA) is 73.6 Å². The number of carbonyl (C=O) groups is 1. The van der Waals surface area contributed by atoms with Gasteiger partial charge in [0.2, 0.25) is 0 Å². The minimum absolute atomic E-state index is 0.168. The number of fused-ring (bicyclic) bond motifs is 1. The first kappa shape index (κ1) is 11.9. The van der Waals surface area contributed by atoms with Gasteiger partial charge in [-0.15, -0.1) is 0 Å². The van der Waals surface area contributed by atoms with Gasteiger partial charge in [-0.05, 0) is 42.5 Å². The van der Waals surface area contributed by atoms with Crippen LogP contribution in [0.15, 0.2) is 18.2 Å². The molecule has 92 valence electrons. The van der Waals surface area contributed by atoms with Crippen molar-refractivity contribution in [3.05, 3.63) is 29.3 Å². The van der Waals surface area contributed by atoms with Crippen LogP contribution in [0, 0.1) is 0 Å². The Hall–Kier alpha value is -1.59. The van der Waals surface area contributed by atoms with Gasteiger partial charge in [0.15, 0.2) is 0 Å². The summed E-state index contributed by atoms with van der Waals surface area (Å²) in [6.45, 7) is 0.291. The van der Waals surface area contributed by atoms with Crippen LogP contribution < -0.4 is 16.2 Å². The lowest BCUT2D eigenvalue weighted by molar-refractivity contribution is -0.151. The van der Waals surface area contributed by atoms with Crippen molar-refractivity contribution in [1.82, 2.24) is 5.59 Å². The van der Waals surface area contributed by atoms with E-state index < -0.39 is 5.97 Å². The molecule has 0 saturated heterocycles. The minimum Gasteiger partial charge on any atom is -0.493 e. The van der Waals surface area contributed by atoms with Crippen LogP contribution in [0.3, 0.4) is 0 Å². The summed E-state index contributed by atoms with van der Waals surface area (Å²) < 4.78 is 5.48. The Morgan fingerprint density at radius 2 is 2.18 bits per heavy atom. The number of rotatable bonds is 5. The maximum atomic E-state index is 11.0. The predicted octanol–water partition coefficient (Wildman–Crippen LogP) is 0.866. The summed E-state index contributed by atoms with van der Waals surface area (Å²) in [7, 11) is 0. The SMILES string of the molecule is NNOC(=O)CCOc1ccc2c(c1)CCC2. The lowest BCUT2D eigenvalue weighted by Crippen LogP contribution is -2.26. The fourth-order valence-corrected chi connectivity index (χ4v) is 2.01. The van der Waals surface area contributed by atoms with Crippen LogP contribution in [-0.4, -0.2) is 12.6 Å². The van der Waals surface area contributed by atoms with E-state index in [1.165, 1.54) is 17.5 Å². The Balaban J connectivity index is 1.81. The monoisotopic (exact) mass is 236 g/mol. The standard InChI is InChI=1S/C12H16N2O3/c13-14-17-12(15)6-7-16-11-5-4-9-2-1-3-10(9)8-11/h4-5,8,14H,1-3,6-7,13H2. The van der Waals surface area contributed by atoms with Crippen molar-refractivity contribution in [3.8, 4) is 5.75 Å². The zero-order valence-electron chi connectivity index (χ0n) is 9.57. The molecule has 1 aliphatic rings. The molecule has 0 spiro atoms. The van der Waals surface area contributed by atoms with Gasteiger partial charge in [0, 0.05) is 0 Å². The normalized spacial score (nSPS) is 13.2. The van der Waals surface area contributed by atoms with Crippen LogP contribution in [0.5, 0.6) is 5.75 Å². The van der Waals surface area contributed by atoms with Crippen molar-refractivity contribution in [2.45, 2.75) is 25.7 Å². The summed E-state index contributed by atoms with van der Waals surface area (Å²) in [6, 6.07) is 6.09. The third-order valence-corrected chi connectivity index (χ3v) is 2.82. The molecule has 5 nitrogen and oxygen atoms in total. The molecule has 0 fully saturated rings. The van der Waals surface area contributed by atoms with Gasteiger partial charge >= 0.3 is 5.97 Å². The molecular weight excluding hydrogens is 220 g/mol. The molecule has 17 heavy (non-hydrogen) atoms. The lowest BCUT2D eigenvalue weighted by Gasteiger charge is -2.07. The second-order valence-corrected chi connectivity index (χ2v) is 3.97. The molecule has 0 unspecified atom stereocenters. The fourth-order valence-electron chi connectivity index (χ4n) is 2.01. The number of hydrazine groups is 1. The Labute approximate surface area is 99.8 Å². The number of nitrogens with one attached hydrogen (secondary N) is 1. The van der Waals surface area contributed by atoms with E-state index in [-0.39, 0.29) is 6.42 Å². The van der Waals surface area contributed by atoms with Gasteiger partial charge in [-0.2, -0.15) is 0 Å². The summed E-state index contributed by atoms with van der Waals surface area (Å²) >= 11 is 0. The van der Waals surface area contributed by atoms with Crippen LogP contribution in [-0.2, 0) is 22.5 Å². The molecule has 5 heteroatoms. The van der Waals surface area contributed by atoms with Crippen molar-refractivity contribution in [2.24, 2.45) is 5.84 Å². The smallest absolute Gasteiger partial charge is 0.329 e. The van der Waals surface area contributed by atoms with Gasteiger partial charge in [-0.1, -0.05) is 11.7 Å². The molecule has 1 aliphatic carbocycles. The zero-order chi connectivity index (χ0) is 12.1. The van der Waals surface area contributed by atoms with E-state index in [9.17, 15) is 4.79 Å². The molecule has 0 atom stereocenters. The number of carbonyl (C=O) groups excluding carboxylic acids is 1. The molecule has 3 N–H and O–H groups in total. The lowest BCUT2D eigenvalue weighted by atomic mass is 10.1. The first-order valence-electron chi connectivity index (χ1n) is 5.69. The van der Waals surface area contributed by atoms with E-state index >= 15 is 0 Å². The van der Waals surface area contributed by atoms with Crippen LogP contribution in [0.4, 0.5) is 0 Å².